The van der Waals surface area contributed by atoms with Crippen molar-refractivity contribution in [1.82, 2.24) is 19.4 Å². The van der Waals surface area contributed by atoms with E-state index in [0.717, 1.165) is 64.2 Å². The van der Waals surface area contributed by atoms with E-state index in [4.69, 9.17) is 4.74 Å². The lowest BCUT2D eigenvalue weighted by atomic mass is 9.85. The summed E-state index contributed by atoms with van der Waals surface area (Å²) >= 11 is 0. The fourth-order valence-corrected chi connectivity index (χ4v) is 6.07. The summed E-state index contributed by atoms with van der Waals surface area (Å²) in [6.45, 7) is 9.22. The molecule has 0 saturated carbocycles. The van der Waals surface area contributed by atoms with Gasteiger partial charge in [0.25, 0.3) is 0 Å². The van der Waals surface area contributed by atoms with Gasteiger partial charge >= 0.3 is 0 Å². The van der Waals surface area contributed by atoms with Gasteiger partial charge < -0.3 is 14.5 Å². The van der Waals surface area contributed by atoms with E-state index >= 15 is 0 Å². The molecule has 1 fully saturated rings. The first-order valence-corrected chi connectivity index (χ1v) is 15.3. The molecule has 0 aromatic heterocycles. The summed E-state index contributed by atoms with van der Waals surface area (Å²) in [6, 6.07) is 6.65. The number of amides is 1. The van der Waals surface area contributed by atoms with Gasteiger partial charge in [0, 0.05) is 44.6 Å². The van der Waals surface area contributed by atoms with E-state index in [2.05, 4.69) is 60.7 Å². The molecule has 0 unspecified atom stereocenters. The fourth-order valence-electron chi connectivity index (χ4n) is 5.58. The van der Waals surface area contributed by atoms with Crippen LogP contribution in [0.25, 0.3) is 0 Å². The maximum absolute atomic E-state index is 13.5. The Balaban J connectivity index is 1.74. The van der Waals surface area contributed by atoms with Crippen molar-refractivity contribution in [3.63, 3.8) is 0 Å². The molecule has 36 heavy (non-hydrogen) atoms. The summed E-state index contributed by atoms with van der Waals surface area (Å²) in [7, 11) is 0.870. The van der Waals surface area contributed by atoms with Gasteiger partial charge in [0.15, 0.2) is 0 Å². The molecular weight excluding hydrogens is 476 g/mol. The second-order valence-electron chi connectivity index (χ2n) is 10.8. The molecular formula is C27H46N4O4S. The van der Waals surface area contributed by atoms with Crippen LogP contribution in [0, 0.1) is 5.92 Å². The van der Waals surface area contributed by atoms with Crippen molar-refractivity contribution in [3.8, 4) is 5.75 Å². The maximum Gasteiger partial charge on any atom is 0.236 e. The Morgan fingerprint density at radius 1 is 1.19 bits per heavy atom. The smallest absolute Gasteiger partial charge is 0.236 e. The number of nitrogens with zero attached hydrogens (tertiary/aromatic N) is 3. The normalized spacial score (nSPS) is 22.1. The molecule has 1 aromatic carbocycles. The Labute approximate surface area is 218 Å². The molecule has 0 spiro atoms. The number of fused-ring (bicyclic) bond motifs is 1. The Morgan fingerprint density at radius 2 is 1.94 bits per heavy atom. The first kappa shape index (κ1) is 28.9. The summed E-state index contributed by atoms with van der Waals surface area (Å²) in [4.78, 5) is 20.0. The summed E-state index contributed by atoms with van der Waals surface area (Å²) in [5.74, 6) is 1.76. The van der Waals surface area contributed by atoms with E-state index in [-0.39, 0.29) is 11.9 Å². The average Bonchev–Trinajstić information content (AvgIpc) is 3.39. The zero-order valence-corrected chi connectivity index (χ0v) is 23.6. The molecule has 3 atom stereocenters. The minimum absolute atomic E-state index is 0.132. The molecule has 1 aromatic rings. The number of carbonyl (C=O) groups excluding carboxylic acids is 1. The van der Waals surface area contributed by atoms with E-state index in [1.807, 2.05) is 4.90 Å². The van der Waals surface area contributed by atoms with Gasteiger partial charge in [0.05, 0.1) is 19.4 Å². The van der Waals surface area contributed by atoms with Crippen LogP contribution in [-0.4, -0.2) is 101 Å². The number of carbonyl (C=O) groups is 1. The lowest BCUT2D eigenvalue weighted by Crippen LogP contribution is -2.45. The Kier molecular flexibility index (Phi) is 10.6. The molecule has 204 valence electrons. The summed E-state index contributed by atoms with van der Waals surface area (Å²) in [5.41, 5.74) is 2.55. The highest BCUT2D eigenvalue weighted by Crippen LogP contribution is 2.40. The first-order valence-electron chi connectivity index (χ1n) is 13.5. The van der Waals surface area contributed by atoms with E-state index in [1.165, 1.54) is 17.4 Å². The molecule has 0 aliphatic carbocycles. The van der Waals surface area contributed by atoms with Crippen molar-refractivity contribution < 1.29 is 17.9 Å². The lowest BCUT2D eigenvalue weighted by Gasteiger charge is -2.30. The van der Waals surface area contributed by atoms with E-state index in [1.54, 1.807) is 0 Å². The van der Waals surface area contributed by atoms with E-state index in [0.29, 0.717) is 31.3 Å². The summed E-state index contributed by atoms with van der Waals surface area (Å²) in [6.07, 6.45) is 5.84. The molecule has 9 heteroatoms. The minimum atomic E-state index is -3.25. The number of unbranched alkanes of at least 4 members (excludes halogenated alkanes) is 1. The number of benzene rings is 1. The van der Waals surface area contributed by atoms with Gasteiger partial charge in [0.2, 0.25) is 15.9 Å². The first-order chi connectivity index (χ1) is 17.1. The molecule has 0 radical (unpaired) electrons. The van der Waals surface area contributed by atoms with Crippen LogP contribution in [0.15, 0.2) is 18.2 Å². The largest absolute Gasteiger partial charge is 0.493 e. The van der Waals surface area contributed by atoms with E-state index < -0.39 is 10.0 Å². The highest BCUT2D eigenvalue weighted by molar-refractivity contribution is 7.88. The monoisotopic (exact) mass is 522 g/mol. The minimum Gasteiger partial charge on any atom is -0.493 e. The van der Waals surface area contributed by atoms with Crippen LogP contribution < -0.4 is 9.46 Å². The van der Waals surface area contributed by atoms with Crippen LogP contribution in [-0.2, 0) is 21.2 Å². The van der Waals surface area contributed by atoms with Crippen molar-refractivity contribution in [1.29, 1.82) is 0 Å². The van der Waals surface area contributed by atoms with Crippen molar-refractivity contribution in [2.75, 3.05) is 66.2 Å². The molecule has 8 nitrogen and oxygen atoms in total. The molecule has 1 N–H and O–H groups in total. The molecule has 2 aliphatic rings. The van der Waals surface area contributed by atoms with Crippen molar-refractivity contribution >= 4 is 15.9 Å². The van der Waals surface area contributed by atoms with Gasteiger partial charge in [-0.15, -0.1) is 0 Å². The predicted molar refractivity (Wildman–Crippen MR) is 145 cm³/mol. The third kappa shape index (κ3) is 8.16. The highest BCUT2D eigenvalue weighted by atomic mass is 32.2. The second-order valence-corrected chi connectivity index (χ2v) is 12.6. The molecule has 3 rings (SSSR count). The zero-order chi connectivity index (χ0) is 26.3. The van der Waals surface area contributed by atoms with Gasteiger partial charge in [-0.3, -0.25) is 9.69 Å². The average molecular weight is 523 g/mol. The molecule has 0 bridgehead atoms. The SMILES string of the molecule is CCCCN(CCCN(C)C)C(=O)CN1C[C@H](c2ccc3c(c2)CCO3)[C@@H](C)[C@@H]1CCNS(C)(=O)=O. The Hall–Kier alpha value is -1.68. The quantitative estimate of drug-likeness (QED) is 0.404. The number of nitrogens with one attached hydrogen (secondary N) is 1. The number of rotatable bonds is 14. The van der Waals surface area contributed by atoms with Crippen LogP contribution in [0.3, 0.4) is 0 Å². The van der Waals surface area contributed by atoms with Crippen molar-refractivity contribution in [3.05, 3.63) is 29.3 Å². The van der Waals surface area contributed by atoms with Gasteiger partial charge in [-0.25, -0.2) is 13.1 Å². The molecule has 1 saturated heterocycles. The van der Waals surface area contributed by atoms with Gasteiger partial charge in [-0.1, -0.05) is 32.4 Å². The fraction of sp³-hybridized carbons (Fsp3) is 0.741. The molecule has 2 heterocycles. The second kappa shape index (κ2) is 13.2. The standard InChI is InChI=1S/C27H46N4O4S/c1-6-7-15-30(16-8-14-29(3)4)27(32)20-31-19-24(21(2)25(31)11-13-28-36(5,33)34)22-9-10-26-23(18-22)12-17-35-26/h9-10,18,21,24-25,28H,6-8,11-17,19-20H2,1-5H3/t21-,24+,25+/m1/s1. The van der Waals surface area contributed by atoms with Crippen LogP contribution in [0.4, 0.5) is 0 Å². The molecule has 2 aliphatic heterocycles. The molecule has 1 amide bonds. The lowest BCUT2D eigenvalue weighted by molar-refractivity contribution is -0.133. The third-order valence-electron chi connectivity index (χ3n) is 7.59. The van der Waals surface area contributed by atoms with Crippen molar-refractivity contribution in [2.24, 2.45) is 5.92 Å². The van der Waals surface area contributed by atoms with Crippen LogP contribution in [0.5, 0.6) is 5.75 Å². The maximum atomic E-state index is 13.5. The number of sulfonamides is 1. The summed E-state index contributed by atoms with van der Waals surface area (Å²) in [5, 5.41) is 0. The third-order valence-corrected chi connectivity index (χ3v) is 8.32. The van der Waals surface area contributed by atoms with Crippen LogP contribution >= 0.6 is 0 Å². The Morgan fingerprint density at radius 3 is 2.64 bits per heavy atom. The van der Waals surface area contributed by atoms with Crippen LogP contribution in [0.2, 0.25) is 0 Å². The van der Waals surface area contributed by atoms with Gasteiger partial charge in [-0.2, -0.15) is 0 Å². The summed E-state index contributed by atoms with van der Waals surface area (Å²) < 4.78 is 31.7. The number of ether oxygens (including phenoxy) is 1. The number of likely N-dealkylation sites (tertiary alicyclic amines) is 1. The van der Waals surface area contributed by atoms with Crippen molar-refractivity contribution in [2.45, 2.75) is 57.9 Å². The topological polar surface area (TPSA) is 82.2 Å². The number of hydrogen-bond acceptors (Lipinski definition) is 6. The van der Waals surface area contributed by atoms with E-state index in [9.17, 15) is 13.2 Å². The zero-order valence-electron chi connectivity index (χ0n) is 22.8. The van der Waals surface area contributed by atoms with Gasteiger partial charge in [0.1, 0.15) is 5.75 Å². The predicted octanol–water partition coefficient (Wildman–Crippen LogP) is 2.55. The highest BCUT2D eigenvalue weighted by Gasteiger charge is 2.40. The number of hydrogen-bond donors (Lipinski definition) is 1. The Bertz CT molecular complexity index is 969. The van der Waals surface area contributed by atoms with Crippen LogP contribution in [0.1, 0.15) is 56.6 Å². The van der Waals surface area contributed by atoms with Gasteiger partial charge in [-0.05, 0) is 63.0 Å².